The van der Waals surface area contributed by atoms with Crippen molar-refractivity contribution in [3.63, 3.8) is 0 Å². The van der Waals surface area contributed by atoms with E-state index >= 15 is 0 Å². The molecule has 77 heavy (non-hydrogen) atoms. The zero-order valence-corrected chi connectivity index (χ0v) is 41.4. The van der Waals surface area contributed by atoms with Gasteiger partial charge in [-0.3, -0.25) is 0 Å². The molecule has 0 spiro atoms. The molecule has 0 amide bonds. The van der Waals surface area contributed by atoms with Crippen LogP contribution in [0.2, 0.25) is 0 Å². The molecule has 0 bridgehead atoms. The van der Waals surface area contributed by atoms with Gasteiger partial charge in [-0.25, -0.2) is 0 Å². The zero-order valence-electron chi connectivity index (χ0n) is 41.4. The number of benzene rings is 11. The molecule has 5 nitrogen and oxygen atoms in total. The molecule has 4 heterocycles. The Morgan fingerprint density at radius 1 is 0.338 bits per heavy atom. The summed E-state index contributed by atoms with van der Waals surface area (Å²) in [5.74, 6) is 0. The largest absolute Gasteiger partial charge is 0.416 e. The normalized spacial score (nSPS) is 12.1. The Kier molecular flexibility index (Phi) is 9.63. The Bertz CT molecular complexity index is 4910. The van der Waals surface area contributed by atoms with Crippen molar-refractivity contribution in [2.24, 2.45) is 0 Å². The van der Waals surface area contributed by atoms with Gasteiger partial charge in [0.05, 0.1) is 72.7 Å². The maximum atomic E-state index is 14.6. The van der Waals surface area contributed by atoms with Crippen LogP contribution in [0.25, 0.3) is 132 Å². The third-order valence-corrected chi connectivity index (χ3v) is 15.6. The highest BCUT2D eigenvalue weighted by Gasteiger charge is 2.31. The average molecular weight is 998 g/mol. The molecular formula is C69H42F3N5. The molecule has 0 aliphatic carbocycles. The van der Waals surface area contributed by atoms with Crippen molar-refractivity contribution in [1.82, 2.24) is 18.3 Å². The molecule has 11 aromatic carbocycles. The van der Waals surface area contributed by atoms with Gasteiger partial charge in [0, 0.05) is 65.6 Å². The van der Waals surface area contributed by atoms with Crippen molar-refractivity contribution in [2.45, 2.75) is 13.1 Å². The SMILES string of the molecule is Cc1cc(-c2ccc(-n3c4ccccc4c4cc(-n5c6ccccc6c6ccccc65)ccc43)c(-c3cc(C#N)ccc3-n3c4ccccc4c4cc(-n5c6ccccc6c6ccccc65)ccc43)c2)cc(C(F)(F)F)c1. The van der Waals surface area contributed by atoms with Crippen LogP contribution in [0.5, 0.6) is 0 Å². The number of alkyl halides is 3. The number of halogens is 3. The fraction of sp³-hybridized carbons (Fsp3) is 0.0290. The van der Waals surface area contributed by atoms with Crippen molar-refractivity contribution in [3.05, 3.63) is 253 Å². The number of fused-ring (bicyclic) bond motifs is 12. The molecule has 8 heteroatoms. The number of rotatable bonds is 6. The van der Waals surface area contributed by atoms with Gasteiger partial charge in [-0.05, 0) is 139 Å². The van der Waals surface area contributed by atoms with Crippen LogP contribution >= 0.6 is 0 Å². The van der Waals surface area contributed by atoms with Gasteiger partial charge in [-0.1, -0.05) is 121 Å². The van der Waals surface area contributed by atoms with Crippen LogP contribution in [0.4, 0.5) is 13.2 Å². The Balaban J connectivity index is 1.00. The fourth-order valence-electron chi connectivity index (χ4n) is 12.4. The second-order valence-corrected chi connectivity index (χ2v) is 20.0. The Hall–Kier alpha value is -10.1. The molecule has 0 saturated carbocycles. The first-order valence-corrected chi connectivity index (χ1v) is 25.6. The minimum absolute atomic E-state index is 0.440. The number of para-hydroxylation sites is 6. The standard InChI is InChI=1S/C69H42F3N5/c1-42-34-45(37-46(35-42)69(70,71)72)44-27-31-66(77-64-25-13-7-19-54(64)58-40-48(29-33-68(58)77)75-61-22-10-4-16-51(61)52-17-5-11-23-62(52)75)56(38-44)55-36-43(41-73)26-30-65(55)76-63-24-12-6-18-53(63)57-39-47(28-32-67(57)76)74-59-20-8-2-14-49(59)50-15-3-9-21-60(50)74/h2-40H,1H3. The predicted molar refractivity (Wildman–Crippen MR) is 309 cm³/mol. The second kappa shape index (κ2) is 16.7. The number of hydrogen-bond donors (Lipinski definition) is 0. The second-order valence-electron chi connectivity index (χ2n) is 20.0. The molecule has 4 aromatic heterocycles. The Morgan fingerprint density at radius 3 is 1.14 bits per heavy atom. The lowest BCUT2D eigenvalue weighted by atomic mass is 9.93. The molecule has 0 unspecified atom stereocenters. The van der Waals surface area contributed by atoms with Crippen molar-refractivity contribution in [3.8, 4) is 51.1 Å². The average Bonchev–Trinajstić information content (AvgIpc) is 4.36. The van der Waals surface area contributed by atoms with Gasteiger partial charge in [0.25, 0.3) is 0 Å². The smallest absolute Gasteiger partial charge is 0.309 e. The number of hydrogen-bond acceptors (Lipinski definition) is 1. The molecule has 0 radical (unpaired) electrons. The van der Waals surface area contributed by atoms with Crippen LogP contribution in [-0.2, 0) is 6.18 Å². The van der Waals surface area contributed by atoms with E-state index < -0.39 is 11.7 Å². The molecule has 364 valence electrons. The summed E-state index contributed by atoms with van der Waals surface area (Å²) in [7, 11) is 0. The molecule has 15 aromatic rings. The van der Waals surface area contributed by atoms with E-state index in [-0.39, 0.29) is 0 Å². The molecule has 0 atom stereocenters. The first-order chi connectivity index (χ1) is 37.7. The minimum Gasteiger partial charge on any atom is -0.309 e. The number of nitrogens with zero attached hydrogens (tertiary/aromatic N) is 5. The summed E-state index contributed by atoms with van der Waals surface area (Å²) in [4.78, 5) is 0. The van der Waals surface area contributed by atoms with Gasteiger partial charge in [0.2, 0.25) is 0 Å². The fourth-order valence-corrected chi connectivity index (χ4v) is 12.4. The highest BCUT2D eigenvalue weighted by atomic mass is 19.4. The minimum atomic E-state index is -4.54. The van der Waals surface area contributed by atoms with E-state index in [0.29, 0.717) is 22.3 Å². The molecule has 0 aliphatic rings. The number of aromatic nitrogens is 4. The van der Waals surface area contributed by atoms with Crippen LogP contribution in [0, 0.1) is 18.3 Å². The van der Waals surface area contributed by atoms with E-state index in [2.05, 4.69) is 194 Å². The van der Waals surface area contributed by atoms with E-state index in [1.54, 1.807) is 13.0 Å². The molecule has 15 rings (SSSR count). The third kappa shape index (κ3) is 6.73. The number of aryl methyl sites for hydroxylation is 1. The monoisotopic (exact) mass is 997 g/mol. The summed E-state index contributed by atoms with van der Waals surface area (Å²) in [5.41, 5.74) is 14.7. The van der Waals surface area contributed by atoms with Gasteiger partial charge >= 0.3 is 6.18 Å². The number of nitriles is 1. The van der Waals surface area contributed by atoms with Crippen LogP contribution in [0.3, 0.4) is 0 Å². The topological polar surface area (TPSA) is 43.5 Å². The lowest BCUT2D eigenvalue weighted by Crippen LogP contribution is -2.05. The first kappa shape index (κ1) is 44.4. The van der Waals surface area contributed by atoms with Crippen molar-refractivity contribution in [2.75, 3.05) is 0 Å². The summed E-state index contributed by atoms with van der Waals surface area (Å²) in [6.07, 6.45) is -4.54. The Labute approximate surface area is 439 Å². The summed E-state index contributed by atoms with van der Waals surface area (Å²) in [5, 5.41) is 19.6. The van der Waals surface area contributed by atoms with E-state index in [1.165, 1.54) is 33.7 Å². The van der Waals surface area contributed by atoms with E-state index in [9.17, 15) is 18.4 Å². The molecule has 0 aliphatic heterocycles. The van der Waals surface area contributed by atoms with Gasteiger partial charge in [0.15, 0.2) is 0 Å². The lowest BCUT2D eigenvalue weighted by molar-refractivity contribution is -0.137. The maximum Gasteiger partial charge on any atom is 0.416 e. The van der Waals surface area contributed by atoms with Gasteiger partial charge in [0.1, 0.15) is 0 Å². The molecule has 0 fully saturated rings. The molecule has 0 N–H and O–H groups in total. The van der Waals surface area contributed by atoms with Gasteiger partial charge < -0.3 is 18.3 Å². The lowest BCUT2D eigenvalue weighted by Gasteiger charge is -2.20. The summed E-state index contributed by atoms with van der Waals surface area (Å²) >= 11 is 0. The molecular weight excluding hydrogens is 956 g/mol. The van der Waals surface area contributed by atoms with E-state index in [4.69, 9.17) is 0 Å². The van der Waals surface area contributed by atoms with E-state index in [0.717, 1.165) is 99.6 Å². The van der Waals surface area contributed by atoms with Crippen molar-refractivity contribution >= 4 is 87.2 Å². The first-order valence-electron chi connectivity index (χ1n) is 25.6. The highest BCUT2D eigenvalue weighted by Crippen LogP contribution is 2.45. The van der Waals surface area contributed by atoms with Gasteiger partial charge in [-0.15, -0.1) is 0 Å². The van der Waals surface area contributed by atoms with Crippen LogP contribution in [0.15, 0.2) is 237 Å². The van der Waals surface area contributed by atoms with Crippen LogP contribution in [0.1, 0.15) is 16.7 Å². The zero-order chi connectivity index (χ0) is 51.7. The highest BCUT2D eigenvalue weighted by molar-refractivity contribution is 6.15. The van der Waals surface area contributed by atoms with Crippen LogP contribution in [-0.4, -0.2) is 18.3 Å². The van der Waals surface area contributed by atoms with Crippen LogP contribution < -0.4 is 0 Å². The van der Waals surface area contributed by atoms with Gasteiger partial charge in [-0.2, -0.15) is 18.4 Å². The maximum absolute atomic E-state index is 14.6. The quantitative estimate of drug-likeness (QED) is 0.164. The summed E-state index contributed by atoms with van der Waals surface area (Å²) < 4.78 is 52.9. The third-order valence-electron chi connectivity index (χ3n) is 15.6. The summed E-state index contributed by atoms with van der Waals surface area (Å²) in [6, 6.07) is 82.4. The van der Waals surface area contributed by atoms with Crippen molar-refractivity contribution < 1.29 is 13.2 Å². The van der Waals surface area contributed by atoms with E-state index in [1.807, 2.05) is 48.5 Å². The molecule has 0 saturated heterocycles. The Morgan fingerprint density at radius 2 is 0.714 bits per heavy atom. The van der Waals surface area contributed by atoms with Crippen molar-refractivity contribution in [1.29, 1.82) is 5.26 Å². The summed E-state index contributed by atoms with van der Waals surface area (Å²) in [6.45, 7) is 1.70. The predicted octanol–water partition coefficient (Wildman–Crippen LogP) is 18.6.